The van der Waals surface area contributed by atoms with Crippen molar-refractivity contribution >= 4 is 21.6 Å². The first kappa shape index (κ1) is 13.3. The predicted molar refractivity (Wildman–Crippen MR) is 80.8 cm³/mol. The molecule has 0 aliphatic heterocycles. The van der Waals surface area contributed by atoms with Gasteiger partial charge in [-0.1, -0.05) is 6.92 Å². The summed E-state index contributed by atoms with van der Waals surface area (Å²) in [6.07, 6.45) is 4.60. The van der Waals surface area contributed by atoms with Crippen LogP contribution >= 0.6 is 11.3 Å². The van der Waals surface area contributed by atoms with E-state index in [1.165, 1.54) is 10.3 Å². The molecule has 1 unspecified atom stereocenters. The molecular weight excluding hydrogens is 270 g/mol. The lowest BCUT2D eigenvalue weighted by Crippen LogP contribution is -2.18. The van der Waals surface area contributed by atoms with Crippen LogP contribution in [0, 0.1) is 0 Å². The van der Waals surface area contributed by atoms with E-state index in [1.807, 2.05) is 12.3 Å². The van der Waals surface area contributed by atoms with Crippen LogP contribution in [0.2, 0.25) is 0 Å². The van der Waals surface area contributed by atoms with E-state index in [1.54, 1.807) is 17.5 Å². The van der Waals surface area contributed by atoms with Crippen molar-refractivity contribution in [1.29, 1.82) is 0 Å². The molecule has 104 valence electrons. The number of aryl methyl sites for hydroxylation is 1. The van der Waals surface area contributed by atoms with Crippen LogP contribution in [-0.2, 0) is 13.0 Å². The third kappa shape index (κ3) is 2.73. The number of oxazole rings is 1. The molecule has 3 rings (SSSR count). The van der Waals surface area contributed by atoms with Crippen molar-refractivity contribution < 1.29 is 4.42 Å². The quantitative estimate of drug-likeness (QED) is 0.777. The fourth-order valence-electron chi connectivity index (χ4n) is 2.05. The number of hydrogen-bond acceptors (Lipinski definition) is 5. The maximum absolute atomic E-state index is 5.59. The van der Waals surface area contributed by atoms with Crippen molar-refractivity contribution in [1.82, 2.24) is 15.3 Å². The lowest BCUT2D eigenvalue weighted by Gasteiger charge is -2.12. The Morgan fingerprint density at radius 2 is 2.25 bits per heavy atom. The topological polar surface area (TPSA) is 51.0 Å². The number of rotatable bonds is 5. The van der Waals surface area contributed by atoms with Gasteiger partial charge in [-0.2, -0.15) is 0 Å². The van der Waals surface area contributed by atoms with Crippen LogP contribution in [0.5, 0.6) is 0 Å². The van der Waals surface area contributed by atoms with E-state index >= 15 is 0 Å². The van der Waals surface area contributed by atoms with Crippen LogP contribution < -0.4 is 5.32 Å². The molecule has 20 heavy (non-hydrogen) atoms. The third-order valence-corrected chi connectivity index (χ3v) is 4.19. The molecule has 4 nitrogen and oxygen atoms in total. The van der Waals surface area contributed by atoms with E-state index in [0.717, 1.165) is 23.6 Å². The van der Waals surface area contributed by atoms with E-state index in [4.69, 9.17) is 4.42 Å². The van der Waals surface area contributed by atoms with Crippen LogP contribution in [-0.4, -0.2) is 9.97 Å². The van der Waals surface area contributed by atoms with E-state index in [2.05, 4.69) is 40.6 Å². The Bertz CT molecular complexity index is 704. The average molecular weight is 287 g/mol. The molecular formula is C15H17N3OS. The Hall–Kier alpha value is -1.72. The Labute approximate surface area is 121 Å². The second-order valence-corrected chi connectivity index (χ2v) is 5.70. The highest BCUT2D eigenvalue weighted by molar-refractivity contribution is 7.17. The van der Waals surface area contributed by atoms with Crippen molar-refractivity contribution in [2.24, 2.45) is 0 Å². The Kier molecular flexibility index (Phi) is 3.80. The second-order valence-electron chi connectivity index (χ2n) is 4.75. The van der Waals surface area contributed by atoms with Crippen LogP contribution in [0.1, 0.15) is 37.1 Å². The molecule has 3 heterocycles. The van der Waals surface area contributed by atoms with Gasteiger partial charge < -0.3 is 9.73 Å². The standard InChI is InChI=1S/C15H17N3OS/c1-3-12-8-18-15(19-12)9-16-10(2)11-6-14-13(17-7-11)4-5-20-14/h4-8,10,16H,3,9H2,1-2H3. The summed E-state index contributed by atoms with van der Waals surface area (Å²) in [7, 11) is 0. The van der Waals surface area contributed by atoms with Gasteiger partial charge in [0.15, 0.2) is 0 Å². The molecule has 3 aromatic heterocycles. The number of thiophene rings is 1. The summed E-state index contributed by atoms with van der Waals surface area (Å²) >= 11 is 1.72. The third-order valence-electron chi connectivity index (χ3n) is 3.33. The summed E-state index contributed by atoms with van der Waals surface area (Å²) in [6.45, 7) is 4.81. The minimum atomic E-state index is 0.214. The molecule has 3 aromatic rings. The lowest BCUT2D eigenvalue weighted by atomic mass is 10.1. The summed E-state index contributed by atoms with van der Waals surface area (Å²) in [5.74, 6) is 1.66. The number of pyridine rings is 1. The van der Waals surface area contributed by atoms with Gasteiger partial charge in [-0.15, -0.1) is 11.3 Å². The van der Waals surface area contributed by atoms with Crippen molar-refractivity contribution in [2.45, 2.75) is 32.9 Å². The van der Waals surface area contributed by atoms with E-state index in [0.29, 0.717) is 6.54 Å². The summed E-state index contributed by atoms with van der Waals surface area (Å²) < 4.78 is 6.81. The normalized spacial score (nSPS) is 12.9. The lowest BCUT2D eigenvalue weighted by molar-refractivity contribution is 0.424. The van der Waals surface area contributed by atoms with Gasteiger partial charge in [0.2, 0.25) is 5.89 Å². The van der Waals surface area contributed by atoms with E-state index < -0.39 is 0 Å². The van der Waals surface area contributed by atoms with Gasteiger partial charge in [0.05, 0.1) is 23.0 Å². The zero-order valence-electron chi connectivity index (χ0n) is 11.6. The number of nitrogens with zero attached hydrogens (tertiary/aromatic N) is 2. The molecule has 1 atom stereocenters. The summed E-state index contributed by atoms with van der Waals surface area (Å²) in [4.78, 5) is 8.72. The highest BCUT2D eigenvalue weighted by Crippen LogP contribution is 2.22. The highest BCUT2D eigenvalue weighted by atomic mass is 32.1. The van der Waals surface area contributed by atoms with Gasteiger partial charge >= 0.3 is 0 Å². The number of aromatic nitrogens is 2. The fourth-order valence-corrected chi connectivity index (χ4v) is 2.84. The van der Waals surface area contributed by atoms with Gasteiger partial charge in [-0.3, -0.25) is 4.98 Å². The van der Waals surface area contributed by atoms with Crippen molar-refractivity contribution in [3.8, 4) is 0 Å². The Morgan fingerprint density at radius 1 is 1.35 bits per heavy atom. The molecule has 0 fully saturated rings. The Morgan fingerprint density at radius 3 is 3.05 bits per heavy atom. The molecule has 0 spiro atoms. The fraction of sp³-hybridized carbons (Fsp3) is 0.333. The molecule has 0 saturated heterocycles. The number of hydrogen-bond donors (Lipinski definition) is 1. The number of nitrogens with one attached hydrogen (secondary N) is 1. The van der Waals surface area contributed by atoms with Gasteiger partial charge in [0.25, 0.3) is 0 Å². The summed E-state index contributed by atoms with van der Waals surface area (Å²) in [5, 5.41) is 5.49. The summed E-state index contributed by atoms with van der Waals surface area (Å²) in [6, 6.07) is 4.45. The summed E-state index contributed by atoms with van der Waals surface area (Å²) in [5.41, 5.74) is 2.24. The predicted octanol–water partition coefficient (Wildman–Crippen LogP) is 3.70. The highest BCUT2D eigenvalue weighted by Gasteiger charge is 2.09. The molecule has 0 radical (unpaired) electrons. The monoisotopic (exact) mass is 287 g/mol. The minimum absolute atomic E-state index is 0.214. The molecule has 0 aromatic carbocycles. The molecule has 0 saturated carbocycles. The van der Waals surface area contributed by atoms with Crippen molar-refractivity contribution in [3.63, 3.8) is 0 Å². The van der Waals surface area contributed by atoms with Crippen LogP contribution in [0.25, 0.3) is 10.2 Å². The molecule has 0 amide bonds. The average Bonchev–Trinajstić information content (AvgIpc) is 3.12. The molecule has 0 aliphatic carbocycles. The van der Waals surface area contributed by atoms with Gasteiger partial charge in [-0.25, -0.2) is 4.98 Å². The number of fused-ring (bicyclic) bond motifs is 1. The van der Waals surface area contributed by atoms with Gasteiger partial charge in [-0.05, 0) is 30.0 Å². The van der Waals surface area contributed by atoms with E-state index in [9.17, 15) is 0 Å². The van der Waals surface area contributed by atoms with Gasteiger partial charge in [0.1, 0.15) is 5.76 Å². The molecule has 0 aliphatic rings. The zero-order valence-corrected chi connectivity index (χ0v) is 12.4. The van der Waals surface area contributed by atoms with Crippen LogP contribution in [0.4, 0.5) is 0 Å². The van der Waals surface area contributed by atoms with Crippen molar-refractivity contribution in [3.05, 3.63) is 47.1 Å². The first-order chi connectivity index (χ1) is 9.76. The first-order valence-electron chi connectivity index (χ1n) is 6.76. The van der Waals surface area contributed by atoms with Crippen LogP contribution in [0.3, 0.4) is 0 Å². The Balaban J connectivity index is 1.67. The van der Waals surface area contributed by atoms with Crippen molar-refractivity contribution in [2.75, 3.05) is 0 Å². The zero-order chi connectivity index (χ0) is 13.9. The first-order valence-corrected chi connectivity index (χ1v) is 7.64. The van der Waals surface area contributed by atoms with Gasteiger partial charge in [0, 0.05) is 18.7 Å². The molecule has 1 N–H and O–H groups in total. The molecule has 0 bridgehead atoms. The van der Waals surface area contributed by atoms with E-state index in [-0.39, 0.29) is 6.04 Å². The second kappa shape index (κ2) is 5.73. The largest absolute Gasteiger partial charge is 0.444 e. The molecule has 5 heteroatoms. The van der Waals surface area contributed by atoms with Crippen LogP contribution in [0.15, 0.2) is 34.3 Å². The SMILES string of the molecule is CCc1cnc(CNC(C)c2cnc3ccsc3c2)o1. The smallest absolute Gasteiger partial charge is 0.208 e. The minimum Gasteiger partial charge on any atom is -0.444 e. The maximum Gasteiger partial charge on any atom is 0.208 e. The maximum atomic E-state index is 5.59.